The second kappa shape index (κ2) is 2.63. The molecular formula is C15H16. The molecule has 0 N–H and O–H groups in total. The van der Waals surface area contributed by atoms with E-state index in [2.05, 4.69) is 51.1 Å². The van der Waals surface area contributed by atoms with E-state index in [9.17, 15) is 0 Å². The Morgan fingerprint density at radius 1 is 1.20 bits per heavy atom. The molecule has 0 aliphatic heterocycles. The van der Waals surface area contributed by atoms with Gasteiger partial charge in [0.15, 0.2) is 0 Å². The van der Waals surface area contributed by atoms with E-state index in [1.54, 1.807) is 0 Å². The molecule has 0 fully saturated rings. The van der Waals surface area contributed by atoms with E-state index in [0.29, 0.717) is 5.41 Å². The summed E-state index contributed by atoms with van der Waals surface area (Å²) in [6.07, 6.45) is 5.95. The highest BCUT2D eigenvalue weighted by atomic mass is 14.4. The zero-order chi connectivity index (χ0) is 10.6. The molecular weight excluding hydrogens is 180 g/mol. The van der Waals surface area contributed by atoms with Crippen LogP contribution in [-0.2, 0) is 0 Å². The number of rotatable bonds is 0. The first kappa shape index (κ1) is 8.96. The highest BCUT2D eigenvalue weighted by molar-refractivity contribution is 5.97. The monoisotopic (exact) mass is 196 g/mol. The largest absolute Gasteiger partial charge is 0.0755 e. The lowest BCUT2D eigenvalue weighted by Gasteiger charge is -2.19. The summed E-state index contributed by atoms with van der Waals surface area (Å²) in [5.74, 6) is 0. The first-order valence-corrected chi connectivity index (χ1v) is 5.62. The Morgan fingerprint density at radius 2 is 2.00 bits per heavy atom. The van der Waals surface area contributed by atoms with Crippen LogP contribution in [0.1, 0.15) is 37.0 Å². The van der Waals surface area contributed by atoms with Crippen LogP contribution >= 0.6 is 0 Å². The van der Waals surface area contributed by atoms with Gasteiger partial charge >= 0.3 is 0 Å². The summed E-state index contributed by atoms with van der Waals surface area (Å²) in [7, 11) is 0. The molecule has 0 atom stereocenters. The van der Waals surface area contributed by atoms with Gasteiger partial charge in [0.2, 0.25) is 0 Å². The van der Waals surface area contributed by atoms with Crippen LogP contribution < -0.4 is 0 Å². The predicted octanol–water partition coefficient (Wildman–Crippen LogP) is 4.21. The van der Waals surface area contributed by atoms with Crippen LogP contribution in [0, 0.1) is 12.3 Å². The lowest BCUT2D eigenvalue weighted by atomic mass is 9.85. The fourth-order valence-electron chi connectivity index (χ4n) is 2.67. The normalized spacial score (nSPS) is 20.7. The molecule has 76 valence electrons. The minimum absolute atomic E-state index is 0.336. The summed E-state index contributed by atoms with van der Waals surface area (Å²) >= 11 is 0. The summed E-state index contributed by atoms with van der Waals surface area (Å²) in [5.41, 5.74) is 7.54. The van der Waals surface area contributed by atoms with Crippen LogP contribution in [0.3, 0.4) is 0 Å². The Kier molecular flexibility index (Phi) is 1.57. The van der Waals surface area contributed by atoms with Crippen molar-refractivity contribution in [2.45, 2.75) is 27.2 Å². The summed E-state index contributed by atoms with van der Waals surface area (Å²) in [6, 6.07) is 6.76. The van der Waals surface area contributed by atoms with Gasteiger partial charge < -0.3 is 0 Å². The van der Waals surface area contributed by atoms with Crippen molar-refractivity contribution in [3.05, 3.63) is 46.5 Å². The zero-order valence-corrected chi connectivity index (χ0v) is 9.59. The molecule has 0 nitrogen and oxygen atoms in total. The second-order valence-corrected chi connectivity index (χ2v) is 5.35. The molecule has 0 spiro atoms. The molecule has 0 heteroatoms. The standard InChI is InChI=1S/C15H16/c1-10-4-5-12-11(8-10)9-14-13(12)6-7-15(14,2)3/h4-6,8-9H,7H2,1-3H3. The van der Waals surface area contributed by atoms with Crippen LogP contribution in [0.15, 0.2) is 29.8 Å². The maximum absolute atomic E-state index is 2.40. The van der Waals surface area contributed by atoms with Crippen LogP contribution in [-0.4, -0.2) is 0 Å². The average Bonchev–Trinajstić information content (AvgIpc) is 2.65. The van der Waals surface area contributed by atoms with Crippen molar-refractivity contribution in [2.75, 3.05) is 0 Å². The molecule has 0 radical (unpaired) electrons. The van der Waals surface area contributed by atoms with Gasteiger partial charge in [0.25, 0.3) is 0 Å². The quantitative estimate of drug-likeness (QED) is 0.583. The van der Waals surface area contributed by atoms with E-state index in [0.717, 1.165) is 0 Å². The summed E-state index contributed by atoms with van der Waals surface area (Å²) < 4.78 is 0. The van der Waals surface area contributed by atoms with Gasteiger partial charge in [-0.3, -0.25) is 0 Å². The van der Waals surface area contributed by atoms with Gasteiger partial charge in [-0.15, -0.1) is 0 Å². The zero-order valence-electron chi connectivity index (χ0n) is 9.59. The van der Waals surface area contributed by atoms with Gasteiger partial charge in [0, 0.05) is 0 Å². The summed E-state index contributed by atoms with van der Waals surface area (Å²) in [6.45, 7) is 6.83. The van der Waals surface area contributed by atoms with Crippen LogP contribution in [0.5, 0.6) is 0 Å². The average molecular weight is 196 g/mol. The minimum atomic E-state index is 0.336. The first-order chi connectivity index (χ1) is 7.08. The van der Waals surface area contributed by atoms with Gasteiger partial charge in [0.05, 0.1) is 0 Å². The maximum atomic E-state index is 2.40. The van der Waals surface area contributed by atoms with Crippen molar-refractivity contribution in [2.24, 2.45) is 5.41 Å². The molecule has 0 bridgehead atoms. The van der Waals surface area contributed by atoms with E-state index in [1.807, 2.05) is 0 Å². The maximum Gasteiger partial charge on any atom is -0.00625 e. The number of aryl methyl sites for hydroxylation is 1. The first-order valence-electron chi connectivity index (χ1n) is 5.62. The van der Waals surface area contributed by atoms with Crippen molar-refractivity contribution in [3.8, 4) is 0 Å². The minimum Gasteiger partial charge on any atom is -0.0755 e. The third kappa shape index (κ3) is 1.14. The van der Waals surface area contributed by atoms with Gasteiger partial charge in [-0.2, -0.15) is 0 Å². The SMILES string of the molecule is Cc1ccc2c(c1)C=C1C2=CCC1(C)C. The smallest absolute Gasteiger partial charge is 0.00625 e. The predicted molar refractivity (Wildman–Crippen MR) is 65.5 cm³/mol. The number of fused-ring (bicyclic) bond motifs is 3. The molecule has 15 heavy (non-hydrogen) atoms. The molecule has 2 aliphatic carbocycles. The fraction of sp³-hybridized carbons (Fsp3) is 0.333. The Hall–Kier alpha value is -1.30. The lowest BCUT2D eigenvalue weighted by Crippen LogP contribution is -2.07. The third-order valence-electron chi connectivity index (χ3n) is 3.63. The van der Waals surface area contributed by atoms with Crippen molar-refractivity contribution in [1.82, 2.24) is 0 Å². The molecule has 3 rings (SSSR count). The fourth-order valence-corrected chi connectivity index (χ4v) is 2.67. The van der Waals surface area contributed by atoms with Gasteiger partial charge in [-0.25, -0.2) is 0 Å². The molecule has 0 saturated heterocycles. The molecule has 0 aromatic heterocycles. The molecule has 0 heterocycles. The Morgan fingerprint density at radius 3 is 2.80 bits per heavy atom. The number of allylic oxidation sites excluding steroid dienone is 3. The Bertz CT molecular complexity index is 499. The van der Waals surface area contributed by atoms with Gasteiger partial charge in [0.1, 0.15) is 0 Å². The van der Waals surface area contributed by atoms with Crippen molar-refractivity contribution < 1.29 is 0 Å². The highest BCUT2D eigenvalue weighted by Crippen LogP contribution is 2.51. The van der Waals surface area contributed by atoms with E-state index in [-0.39, 0.29) is 0 Å². The lowest BCUT2D eigenvalue weighted by molar-refractivity contribution is 0.488. The molecule has 2 aliphatic rings. The van der Waals surface area contributed by atoms with Crippen LogP contribution in [0.25, 0.3) is 11.6 Å². The van der Waals surface area contributed by atoms with Crippen LogP contribution in [0.2, 0.25) is 0 Å². The molecule has 0 amide bonds. The van der Waals surface area contributed by atoms with Crippen molar-refractivity contribution in [3.63, 3.8) is 0 Å². The molecule has 0 unspecified atom stereocenters. The van der Waals surface area contributed by atoms with Crippen LogP contribution in [0.4, 0.5) is 0 Å². The number of benzene rings is 1. The summed E-state index contributed by atoms with van der Waals surface area (Å²) in [4.78, 5) is 0. The van der Waals surface area contributed by atoms with E-state index < -0.39 is 0 Å². The van der Waals surface area contributed by atoms with E-state index in [1.165, 1.54) is 34.3 Å². The van der Waals surface area contributed by atoms with Crippen molar-refractivity contribution in [1.29, 1.82) is 0 Å². The van der Waals surface area contributed by atoms with Crippen molar-refractivity contribution >= 4 is 11.6 Å². The van der Waals surface area contributed by atoms with Gasteiger partial charge in [-0.1, -0.05) is 43.7 Å². The second-order valence-electron chi connectivity index (χ2n) is 5.35. The number of hydrogen-bond donors (Lipinski definition) is 0. The van der Waals surface area contributed by atoms with Gasteiger partial charge in [-0.05, 0) is 47.1 Å². The third-order valence-corrected chi connectivity index (χ3v) is 3.63. The number of hydrogen-bond acceptors (Lipinski definition) is 0. The Labute approximate surface area is 91.3 Å². The molecule has 1 aromatic carbocycles. The molecule has 0 saturated carbocycles. The summed E-state index contributed by atoms with van der Waals surface area (Å²) in [5, 5.41) is 0. The van der Waals surface area contributed by atoms with E-state index in [4.69, 9.17) is 0 Å². The Balaban J connectivity index is 2.21. The highest BCUT2D eigenvalue weighted by Gasteiger charge is 2.34. The van der Waals surface area contributed by atoms with E-state index >= 15 is 0 Å². The molecule has 1 aromatic rings. The topological polar surface area (TPSA) is 0 Å².